The van der Waals surface area contributed by atoms with Gasteiger partial charge in [-0.2, -0.15) is 0 Å². The van der Waals surface area contributed by atoms with Crippen molar-refractivity contribution in [2.24, 2.45) is 17.8 Å². The largest absolute Gasteiger partial charge is 0.481 e. The van der Waals surface area contributed by atoms with Crippen LogP contribution in [0.2, 0.25) is 0 Å². The van der Waals surface area contributed by atoms with Crippen LogP contribution in [0.5, 0.6) is 0 Å². The van der Waals surface area contributed by atoms with E-state index in [2.05, 4.69) is 6.92 Å². The lowest BCUT2D eigenvalue weighted by molar-refractivity contribution is -0.146. The maximum absolute atomic E-state index is 11.2. The number of hydrogen-bond acceptors (Lipinski definition) is 2. The van der Waals surface area contributed by atoms with Crippen LogP contribution in [0.1, 0.15) is 65.2 Å². The van der Waals surface area contributed by atoms with Gasteiger partial charge >= 0.3 is 5.97 Å². The monoisotopic (exact) mass is 254 g/mol. The van der Waals surface area contributed by atoms with Gasteiger partial charge in [-0.25, -0.2) is 0 Å². The van der Waals surface area contributed by atoms with Crippen LogP contribution >= 0.6 is 0 Å². The van der Waals surface area contributed by atoms with Gasteiger partial charge in [-0.1, -0.05) is 45.4 Å². The third kappa shape index (κ3) is 4.79. The number of carbonyl (C=O) groups excluding carboxylic acids is 1. The van der Waals surface area contributed by atoms with Gasteiger partial charge in [0.1, 0.15) is 11.7 Å². The molecule has 1 N–H and O–H groups in total. The average molecular weight is 254 g/mol. The summed E-state index contributed by atoms with van der Waals surface area (Å²) in [7, 11) is 0. The summed E-state index contributed by atoms with van der Waals surface area (Å²) in [6.07, 6.45) is 9.03. The lowest BCUT2D eigenvalue weighted by Crippen LogP contribution is -2.23. The quantitative estimate of drug-likeness (QED) is 0.705. The molecule has 0 aromatic rings. The van der Waals surface area contributed by atoms with Crippen molar-refractivity contribution in [3.8, 4) is 0 Å². The first-order valence-electron chi connectivity index (χ1n) is 7.27. The number of aliphatic carboxylic acids is 1. The summed E-state index contributed by atoms with van der Waals surface area (Å²) in [4.78, 5) is 22.1. The first kappa shape index (κ1) is 15.2. The fraction of sp³-hybridized carbons (Fsp3) is 0.867. The summed E-state index contributed by atoms with van der Waals surface area (Å²) >= 11 is 0. The van der Waals surface area contributed by atoms with Crippen LogP contribution in [0.3, 0.4) is 0 Å². The van der Waals surface area contributed by atoms with Crippen molar-refractivity contribution in [1.82, 2.24) is 0 Å². The zero-order valence-electron chi connectivity index (χ0n) is 11.7. The van der Waals surface area contributed by atoms with Crippen molar-refractivity contribution in [2.45, 2.75) is 65.2 Å². The van der Waals surface area contributed by atoms with Crippen LogP contribution in [-0.2, 0) is 9.59 Å². The van der Waals surface area contributed by atoms with E-state index in [-0.39, 0.29) is 5.78 Å². The lowest BCUT2D eigenvalue weighted by atomic mass is 9.77. The third-order valence-electron chi connectivity index (χ3n) is 4.32. The fourth-order valence-electron chi connectivity index (χ4n) is 3.12. The molecular weight excluding hydrogens is 228 g/mol. The second-order valence-corrected chi connectivity index (χ2v) is 5.75. The molecule has 1 fully saturated rings. The highest BCUT2D eigenvalue weighted by molar-refractivity contribution is 5.96. The van der Waals surface area contributed by atoms with Gasteiger partial charge in [0.05, 0.1) is 0 Å². The van der Waals surface area contributed by atoms with E-state index < -0.39 is 11.9 Å². The van der Waals surface area contributed by atoms with E-state index in [4.69, 9.17) is 5.11 Å². The molecule has 0 amide bonds. The van der Waals surface area contributed by atoms with Crippen LogP contribution in [0.15, 0.2) is 0 Å². The molecule has 1 unspecified atom stereocenters. The van der Waals surface area contributed by atoms with Gasteiger partial charge in [0.2, 0.25) is 0 Å². The molecule has 0 bridgehead atoms. The van der Waals surface area contributed by atoms with Crippen molar-refractivity contribution in [1.29, 1.82) is 0 Å². The van der Waals surface area contributed by atoms with Crippen LogP contribution in [0.4, 0.5) is 0 Å². The van der Waals surface area contributed by atoms with Gasteiger partial charge in [0, 0.05) is 0 Å². The molecule has 1 aliphatic rings. The molecule has 1 aliphatic carbocycles. The minimum Gasteiger partial charge on any atom is -0.481 e. The average Bonchev–Trinajstić information content (AvgIpc) is 2.31. The summed E-state index contributed by atoms with van der Waals surface area (Å²) in [5.41, 5.74) is 0. The van der Waals surface area contributed by atoms with Crippen LogP contribution < -0.4 is 0 Å². The molecule has 18 heavy (non-hydrogen) atoms. The minimum atomic E-state index is -0.956. The Kier molecular flexibility index (Phi) is 6.37. The number of Topliss-reactive ketones (excluding diaryl/α,β-unsaturated/α-hetero) is 1. The van der Waals surface area contributed by atoms with Gasteiger partial charge in [0.25, 0.3) is 0 Å². The van der Waals surface area contributed by atoms with Crippen molar-refractivity contribution in [2.75, 3.05) is 0 Å². The SMILES string of the molecule is CCCC1CCC(CCC(C(C)=O)C(=O)O)CC1. The number of carbonyl (C=O) groups is 2. The number of hydrogen-bond donors (Lipinski definition) is 1. The van der Waals surface area contributed by atoms with Gasteiger partial charge in [-0.15, -0.1) is 0 Å². The zero-order chi connectivity index (χ0) is 13.5. The van der Waals surface area contributed by atoms with E-state index in [9.17, 15) is 9.59 Å². The molecular formula is C15H26O3. The Balaban J connectivity index is 2.28. The normalized spacial score (nSPS) is 25.7. The van der Waals surface area contributed by atoms with E-state index in [1.165, 1.54) is 45.4 Å². The number of rotatable bonds is 7. The second kappa shape index (κ2) is 7.55. The Labute approximate surface area is 110 Å². The second-order valence-electron chi connectivity index (χ2n) is 5.75. The van der Waals surface area contributed by atoms with E-state index in [1.54, 1.807) is 0 Å². The minimum absolute atomic E-state index is 0.206. The highest BCUT2D eigenvalue weighted by Crippen LogP contribution is 2.34. The van der Waals surface area contributed by atoms with E-state index >= 15 is 0 Å². The highest BCUT2D eigenvalue weighted by Gasteiger charge is 2.26. The van der Waals surface area contributed by atoms with Crippen LogP contribution in [0, 0.1) is 17.8 Å². The molecule has 1 rings (SSSR count). The van der Waals surface area contributed by atoms with Gasteiger partial charge in [-0.3, -0.25) is 9.59 Å². The Morgan fingerprint density at radius 2 is 1.61 bits per heavy atom. The van der Waals surface area contributed by atoms with Crippen molar-refractivity contribution in [3.05, 3.63) is 0 Å². The Morgan fingerprint density at radius 3 is 2.00 bits per heavy atom. The summed E-state index contributed by atoms with van der Waals surface area (Å²) in [6.45, 7) is 3.62. The smallest absolute Gasteiger partial charge is 0.314 e. The molecule has 1 saturated carbocycles. The van der Waals surface area contributed by atoms with Gasteiger partial charge in [0.15, 0.2) is 0 Å². The Morgan fingerprint density at radius 1 is 1.11 bits per heavy atom. The zero-order valence-corrected chi connectivity index (χ0v) is 11.7. The Hall–Kier alpha value is -0.860. The number of ketones is 1. The molecule has 104 valence electrons. The highest BCUT2D eigenvalue weighted by atomic mass is 16.4. The molecule has 0 aliphatic heterocycles. The first-order chi connectivity index (χ1) is 8.54. The maximum atomic E-state index is 11.2. The number of carboxylic acid groups (broad SMARTS) is 1. The number of carboxylic acids is 1. The van der Waals surface area contributed by atoms with E-state index in [0.29, 0.717) is 12.3 Å². The lowest BCUT2D eigenvalue weighted by Gasteiger charge is -2.28. The molecule has 3 heteroatoms. The first-order valence-corrected chi connectivity index (χ1v) is 7.27. The van der Waals surface area contributed by atoms with Crippen molar-refractivity contribution in [3.63, 3.8) is 0 Å². The van der Waals surface area contributed by atoms with Crippen molar-refractivity contribution >= 4 is 11.8 Å². The molecule has 0 aromatic heterocycles. The van der Waals surface area contributed by atoms with Gasteiger partial charge in [-0.05, 0) is 31.6 Å². The summed E-state index contributed by atoms with van der Waals surface area (Å²) in [5, 5.41) is 8.96. The Bertz CT molecular complexity index is 263. The standard InChI is InChI=1S/C15H26O3/c1-3-4-12-5-7-13(8-6-12)9-10-14(11(2)16)15(17)18/h12-14H,3-10H2,1-2H3,(H,17,18). The van der Waals surface area contributed by atoms with E-state index in [0.717, 1.165) is 12.3 Å². The van der Waals surface area contributed by atoms with Crippen LogP contribution in [0.25, 0.3) is 0 Å². The summed E-state index contributed by atoms with van der Waals surface area (Å²) in [5.74, 6) is -0.420. The molecule has 0 heterocycles. The molecule has 0 spiro atoms. The molecule has 0 aromatic carbocycles. The van der Waals surface area contributed by atoms with Crippen LogP contribution in [-0.4, -0.2) is 16.9 Å². The summed E-state index contributed by atoms with van der Waals surface area (Å²) in [6, 6.07) is 0. The third-order valence-corrected chi connectivity index (χ3v) is 4.32. The predicted molar refractivity (Wildman–Crippen MR) is 71.4 cm³/mol. The van der Waals surface area contributed by atoms with Crippen molar-refractivity contribution < 1.29 is 14.7 Å². The molecule has 0 radical (unpaired) electrons. The molecule has 0 saturated heterocycles. The fourth-order valence-corrected chi connectivity index (χ4v) is 3.12. The molecule has 1 atom stereocenters. The van der Waals surface area contributed by atoms with E-state index in [1.807, 2.05) is 0 Å². The topological polar surface area (TPSA) is 54.4 Å². The maximum Gasteiger partial charge on any atom is 0.314 e. The molecule has 3 nitrogen and oxygen atoms in total. The van der Waals surface area contributed by atoms with Gasteiger partial charge < -0.3 is 5.11 Å². The predicted octanol–water partition coefficient (Wildman–Crippen LogP) is 3.66. The summed E-state index contributed by atoms with van der Waals surface area (Å²) < 4.78 is 0.